The molecule has 3 rings (SSSR count). The Morgan fingerprint density at radius 3 is 2.48 bits per heavy atom. The van der Waals surface area contributed by atoms with E-state index in [9.17, 15) is 13.6 Å². The van der Waals surface area contributed by atoms with E-state index < -0.39 is 17.5 Å². The predicted molar refractivity (Wildman–Crippen MR) is 91.1 cm³/mol. The summed E-state index contributed by atoms with van der Waals surface area (Å²) in [6.45, 7) is 0. The van der Waals surface area contributed by atoms with E-state index in [4.69, 9.17) is 11.6 Å². The number of anilines is 3. The second kappa shape index (κ2) is 7.23. The highest BCUT2D eigenvalue weighted by Gasteiger charge is 2.12. The molecule has 2 aromatic carbocycles. The van der Waals surface area contributed by atoms with Gasteiger partial charge in [-0.3, -0.25) is 4.79 Å². The number of nitrogens with zero attached hydrogens (tertiary/aromatic N) is 2. The summed E-state index contributed by atoms with van der Waals surface area (Å²) in [5, 5.41) is 5.92. The predicted octanol–water partition coefficient (Wildman–Crippen LogP) is 4.40. The average Bonchev–Trinajstić information content (AvgIpc) is 2.60. The third-order valence-corrected chi connectivity index (χ3v) is 3.45. The molecule has 0 atom stereocenters. The summed E-state index contributed by atoms with van der Waals surface area (Å²) in [6.07, 6.45) is 1.20. The molecule has 1 amide bonds. The monoisotopic (exact) mass is 360 g/mol. The van der Waals surface area contributed by atoms with Gasteiger partial charge in [0, 0.05) is 22.8 Å². The summed E-state index contributed by atoms with van der Waals surface area (Å²) in [4.78, 5) is 20.1. The minimum atomic E-state index is -0.873. The Balaban J connectivity index is 1.76. The molecule has 0 aliphatic rings. The van der Waals surface area contributed by atoms with Gasteiger partial charge in [-0.15, -0.1) is 0 Å². The maximum Gasteiger partial charge on any atom is 0.274 e. The standard InChI is InChI=1S/C17H11ClF2N4O/c18-10-1-4-12(5-2-10)23-16-8-15(21-9-22-16)17(25)24-14-6-3-11(19)7-13(14)20/h1-9H,(H,24,25)(H,21,22,23). The summed E-state index contributed by atoms with van der Waals surface area (Å²) in [6, 6.07) is 11.2. The molecule has 0 bridgehead atoms. The van der Waals surface area contributed by atoms with Crippen LogP contribution in [0.3, 0.4) is 0 Å². The topological polar surface area (TPSA) is 66.9 Å². The zero-order valence-corrected chi connectivity index (χ0v) is 13.4. The molecule has 0 radical (unpaired) electrons. The molecule has 25 heavy (non-hydrogen) atoms. The smallest absolute Gasteiger partial charge is 0.274 e. The number of rotatable bonds is 4. The minimum Gasteiger partial charge on any atom is -0.340 e. The fourth-order valence-corrected chi connectivity index (χ4v) is 2.13. The molecule has 126 valence electrons. The number of benzene rings is 2. The Morgan fingerprint density at radius 2 is 1.76 bits per heavy atom. The van der Waals surface area contributed by atoms with Crippen molar-refractivity contribution < 1.29 is 13.6 Å². The summed E-state index contributed by atoms with van der Waals surface area (Å²) in [7, 11) is 0. The van der Waals surface area contributed by atoms with Gasteiger partial charge in [-0.05, 0) is 36.4 Å². The molecule has 0 unspecified atom stereocenters. The van der Waals surface area contributed by atoms with Crippen LogP contribution in [-0.4, -0.2) is 15.9 Å². The molecule has 0 aliphatic carbocycles. The number of aromatic nitrogens is 2. The number of nitrogens with one attached hydrogen (secondary N) is 2. The summed E-state index contributed by atoms with van der Waals surface area (Å²) < 4.78 is 26.5. The molecule has 8 heteroatoms. The zero-order chi connectivity index (χ0) is 17.8. The molecule has 1 heterocycles. The van der Waals surface area contributed by atoms with E-state index in [1.54, 1.807) is 24.3 Å². The quantitative estimate of drug-likeness (QED) is 0.723. The fraction of sp³-hybridized carbons (Fsp3) is 0. The van der Waals surface area contributed by atoms with Crippen LogP contribution < -0.4 is 10.6 Å². The number of hydrogen-bond donors (Lipinski definition) is 2. The van der Waals surface area contributed by atoms with Gasteiger partial charge >= 0.3 is 0 Å². The largest absolute Gasteiger partial charge is 0.340 e. The first-order valence-electron chi connectivity index (χ1n) is 7.12. The fourth-order valence-electron chi connectivity index (χ4n) is 2.01. The summed E-state index contributed by atoms with van der Waals surface area (Å²) in [5.41, 5.74) is 0.603. The van der Waals surface area contributed by atoms with Crippen LogP contribution in [0.5, 0.6) is 0 Å². The molecule has 0 aliphatic heterocycles. The van der Waals surface area contributed by atoms with E-state index >= 15 is 0 Å². The van der Waals surface area contributed by atoms with Crippen molar-refractivity contribution in [1.29, 1.82) is 0 Å². The normalized spacial score (nSPS) is 10.4. The van der Waals surface area contributed by atoms with Crippen LogP contribution in [0.25, 0.3) is 0 Å². The van der Waals surface area contributed by atoms with Crippen molar-refractivity contribution in [2.24, 2.45) is 0 Å². The maximum atomic E-state index is 13.6. The van der Waals surface area contributed by atoms with Gasteiger partial charge in [0.15, 0.2) is 0 Å². The lowest BCUT2D eigenvalue weighted by Gasteiger charge is -2.08. The molecular weight excluding hydrogens is 350 g/mol. The van der Waals surface area contributed by atoms with Crippen LogP contribution in [0.1, 0.15) is 10.5 Å². The third kappa shape index (κ3) is 4.27. The van der Waals surface area contributed by atoms with Gasteiger partial charge in [0.05, 0.1) is 5.69 Å². The molecular formula is C17H11ClF2N4O. The zero-order valence-electron chi connectivity index (χ0n) is 12.6. The first-order chi connectivity index (χ1) is 12.0. The molecule has 1 aromatic heterocycles. The Morgan fingerprint density at radius 1 is 1.00 bits per heavy atom. The second-order valence-corrected chi connectivity index (χ2v) is 5.44. The Hall–Kier alpha value is -3.06. The Kier molecular flexibility index (Phi) is 4.85. The number of amides is 1. The maximum absolute atomic E-state index is 13.6. The first-order valence-corrected chi connectivity index (χ1v) is 7.50. The van der Waals surface area contributed by atoms with Gasteiger partial charge in [-0.25, -0.2) is 18.7 Å². The van der Waals surface area contributed by atoms with Gasteiger partial charge in [0.2, 0.25) is 0 Å². The number of hydrogen-bond acceptors (Lipinski definition) is 4. The summed E-state index contributed by atoms with van der Waals surface area (Å²) in [5.74, 6) is -1.87. The van der Waals surface area contributed by atoms with E-state index in [2.05, 4.69) is 20.6 Å². The second-order valence-electron chi connectivity index (χ2n) is 5.00. The van der Waals surface area contributed by atoms with Gasteiger partial charge < -0.3 is 10.6 Å². The van der Waals surface area contributed by atoms with Crippen molar-refractivity contribution in [2.75, 3.05) is 10.6 Å². The van der Waals surface area contributed by atoms with E-state index in [1.165, 1.54) is 12.4 Å². The van der Waals surface area contributed by atoms with E-state index in [0.717, 1.165) is 17.8 Å². The van der Waals surface area contributed by atoms with Crippen molar-refractivity contribution in [3.05, 3.63) is 77.2 Å². The number of halogens is 3. The van der Waals surface area contributed by atoms with Crippen LogP contribution in [0.4, 0.5) is 26.0 Å². The first kappa shape index (κ1) is 16.8. The lowest BCUT2D eigenvalue weighted by atomic mass is 10.2. The average molecular weight is 361 g/mol. The lowest BCUT2D eigenvalue weighted by molar-refractivity contribution is 0.102. The highest BCUT2D eigenvalue weighted by Crippen LogP contribution is 2.19. The van der Waals surface area contributed by atoms with Crippen LogP contribution in [-0.2, 0) is 0 Å². The van der Waals surface area contributed by atoms with Crippen molar-refractivity contribution in [2.45, 2.75) is 0 Å². The minimum absolute atomic E-state index is 0.0233. The van der Waals surface area contributed by atoms with Crippen molar-refractivity contribution in [3.63, 3.8) is 0 Å². The molecule has 5 nitrogen and oxygen atoms in total. The molecule has 0 fully saturated rings. The molecule has 0 spiro atoms. The molecule has 0 saturated carbocycles. The Bertz CT molecular complexity index is 919. The molecule has 3 aromatic rings. The summed E-state index contributed by atoms with van der Waals surface area (Å²) >= 11 is 5.82. The van der Waals surface area contributed by atoms with Crippen LogP contribution >= 0.6 is 11.6 Å². The van der Waals surface area contributed by atoms with Gasteiger partial charge in [-0.1, -0.05) is 11.6 Å². The molecule has 0 saturated heterocycles. The van der Waals surface area contributed by atoms with Crippen LogP contribution in [0.2, 0.25) is 5.02 Å². The van der Waals surface area contributed by atoms with E-state index in [0.29, 0.717) is 16.9 Å². The van der Waals surface area contributed by atoms with E-state index in [-0.39, 0.29) is 11.4 Å². The van der Waals surface area contributed by atoms with Gasteiger partial charge in [0.25, 0.3) is 5.91 Å². The number of carbonyl (C=O) groups is 1. The van der Waals surface area contributed by atoms with Crippen LogP contribution in [0.15, 0.2) is 54.9 Å². The highest BCUT2D eigenvalue weighted by atomic mass is 35.5. The number of carbonyl (C=O) groups excluding carboxylic acids is 1. The third-order valence-electron chi connectivity index (χ3n) is 3.20. The van der Waals surface area contributed by atoms with Gasteiger partial charge in [-0.2, -0.15) is 0 Å². The SMILES string of the molecule is O=C(Nc1ccc(F)cc1F)c1cc(Nc2ccc(Cl)cc2)ncn1. The van der Waals surface area contributed by atoms with Crippen molar-refractivity contribution in [1.82, 2.24) is 9.97 Å². The van der Waals surface area contributed by atoms with Crippen molar-refractivity contribution in [3.8, 4) is 0 Å². The van der Waals surface area contributed by atoms with Crippen molar-refractivity contribution >= 4 is 34.7 Å². The highest BCUT2D eigenvalue weighted by molar-refractivity contribution is 6.30. The van der Waals surface area contributed by atoms with E-state index in [1.807, 2.05) is 0 Å². The Labute approximate surface area is 146 Å². The van der Waals surface area contributed by atoms with Gasteiger partial charge in [0.1, 0.15) is 29.5 Å². The molecule has 2 N–H and O–H groups in total. The van der Waals surface area contributed by atoms with Crippen LogP contribution in [0, 0.1) is 11.6 Å². The lowest BCUT2D eigenvalue weighted by Crippen LogP contribution is -2.15.